The van der Waals surface area contributed by atoms with Gasteiger partial charge in [0.2, 0.25) is 0 Å². The highest BCUT2D eigenvalue weighted by molar-refractivity contribution is 7.99. The van der Waals surface area contributed by atoms with Crippen molar-refractivity contribution in [1.82, 2.24) is 0 Å². The molecular weight excluding hydrogens is 156 g/mol. The first-order chi connectivity index (χ1) is 5.43. The number of hydrogen-bond acceptors (Lipinski definition) is 2. The summed E-state index contributed by atoms with van der Waals surface area (Å²) in [6.45, 7) is 0. The average Bonchev–Trinajstić information content (AvgIpc) is 2.07. The van der Waals surface area contributed by atoms with Gasteiger partial charge in [-0.05, 0) is 12.8 Å². The van der Waals surface area contributed by atoms with Gasteiger partial charge in [-0.1, -0.05) is 19.3 Å². The Labute approximate surface area is 72.9 Å². The van der Waals surface area contributed by atoms with Crippen molar-refractivity contribution in [2.45, 2.75) is 43.8 Å². The van der Waals surface area contributed by atoms with E-state index in [0.29, 0.717) is 0 Å². The summed E-state index contributed by atoms with van der Waals surface area (Å²) in [6.07, 6.45) is 8.74. The van der Waals surface area contributed by atoms with Gasteiger partial charge in [-0.2, -0.15) is 11.8 Å². The molecular formula is C9H16OS. The van der Waals surface area contributed by atoms with E-state index in [-0.39, 0.29) is 0 Å². The molecule has 0 unspecified atom stereocenters. The van der Waals surface area contributed by atoms with Crippen molar-refractivity contribution in [3.8, 4) is 0 Å². The first-order valence-electron chi connectivity index (χ1n) is 4.48. The van der Waals surface area contributed by atoms with Crippen LogP contribution in [0.15, 0.2) is 0 Å². The lowest BCUT2D eigenvalue weighted by molar-refractivity contribution is -0.107. The van der Waals surface area contributed by atoms with Crippen molar-refractivity contribution < 1.29 is 4.79 Å². The largest absolute Gasteiger partial charge is 0.303 e. The normalized spacial score (nSPS) is 20.0. The van der Waals surface area contributed by atoms with Crippen molar-refractivity contribution in [2.24, 2.45) is 0 Å². The third kappa shape index (κ3) is 3.80. The Morgan fingerprint density at radius 3 is 2.64 bits per heavy atom. The van der Waals surface area contributed by atoms with Crippen LogP contribution < -0.4 is 0 Å². The summed E-state index contributed by atoms with van der Waals surface area (Å²) in [4.78, 5) is 10.0. The third-order valence-corrected chi connectivity index (χ3v) is 3.56. The summed E-state index contributed by atoms with van der Waals surface area (Å²) >= 11 is 1.99. The van der Waals surface area contributed by atoms with Gasteiger partial charge < -0.3 is 4.79 Å². The molecule has 2 heteroatoms. The number of aldehydes is 1. The van der Waals surface area contributed by atoms with Gasteiger partial charge in [0.15, 0.2) is 0 Å². The molecule has 1 fully saturated rings. The molecule has 64 valence electrons. The first kappa shape index (κ1) is 9.11. The monoisotopic (exact) mass is 172 g/mol. The summed E-state index contributed by atoms with van der Waals surface area (Å²) in [5, 5.41) is 0.865. The van der Waals surface area contributed by atoms with Crippen LogP contribution in [0.3, 0.4) is 0 Å². The molecule has 0 N–H and O–H groups in total. The van der Waals surface area contributed by atoms with Crippen molar-refractivity contribution in [2.75, 3.05) is 5.75 Å². The van der Waals surface area contributed by atoms with E-state index in [9.17, 15) is 4.79 Å². The van der Waals surface area contributed by atoms with Gasteiger partial charge in [0.1, 0.15) is 6.29 Å². The average molecular weight is 172 g/mol. The molecule has 0 radical (unpaired) electrons. The summed E-state index contributed by atoms with van der Waals surface area (Å²) in [6, 6.07) is 0. The lowest BCUT2D eigenvalue weighted by Crippen LogP contribution is -2.08. The Morgan fingerprint density at radius 1 is 1.27 bits per heavy atom. The Morgan fingerprint density at radius 2 is 2.00 bits per heavy atom. The number of thioether (sulfide) groups is 1. The maximum Gasteiger partial charge on any atom is 0.120 e. The summed E-state index contributed by atoms with van der Waals surface area (Å²) in [5.41, 5.74) is 0. The molecule has 0 aromatic carbocycles. The Bertz CT molecular complexity index is 108. The lowest BCUT2D eigenvalue weighted by atomic mass is 10.0. The number of hydrogen-bond donors (Lipinski definition) is 0. The second-order valence-electron chi connectivity index (χ2n) is 3.09. The van der Waals surface area contributed by atoms with E-state index in [1.807, 2.05) is 11.8 Å². The van der Waals surface area contributed by atoms with Crippen LogP contribution in [0, 0.1) is 0 Å². The Balaban J connectivity index is 2.00. The minimum absolute atomic E-state index is 0.737. The van der Waals surface area contributed by atoms with E-state index in [0.717, 1.165) is 23.7 Å². The van der Waals surface area contributed by atoms with Gasteiger partial charge in [0.05, 0.1) is 0 Å². The van der Waals surface area contributed by atoms with Gasteiger partial charge in [-0.25, -0.2) is 0 Å². The van der Waals surface area contributed by atoms with Crippen LogP contribution in [-0.4, -0.2) is 17.3 Å². The fourth-order valence-electron chi connectivity index (χ4n) is 1.51. The van der Waals surface area contributed by atoms with Crippen molar-refractivity contribution in [3.05, 3.63) is 0 Å². The minimum Gasteiger partial charge on any atom is -0.303 e. The molecule has 0 atom stereocenters. The van der Waals surface area contributed by atoms with Gasteiger partial charge in [-0.3, -0.25) is 0 Å². The zero-order chi connectivity index (χ0) is 7.94. The molecule has 0 aromatic rings. The third-order valence-electron chi connectivity index (χ3n) is 2.14. The molecule has 0 heterocycles. The Kier molecular flexibility index (Phi) is 4.67. The second-order valence-corrected chi connectivity index (χ2v) is 4.49. The predicted octanol–water partition coefficient (Wildman–Crippen LogP) is 2.64. The van der Waals surface area contributed by atoms with Crippen LogP contribution in [0.2, 0.25) is 0 Å². The van der Waals surface area contributed by atoms with Crippen molar-refractivity contribution in [1.29, 1.82) is 0 Å². The molecule has 1 rings (SSSR count). The quantitative estimate of drug-likeness (QED) is 0.479. The van der Waals surface area contributed by atoms with Gasteiger partial charge in [0.25, 0.3) is 0 Å². The summed E-state index contributed by atoms with van der Waals surface area (Å²) < 4.78 is 0. The van der Waals surface area contributed by atoms with Gasteiger partial charge >= 0.3 is 0 Å². The zero-order valence-corrected chi connectivity index (χ0v) is 7.74. The van der Waals surface area contributed by atoms with Crippen molar-refractivity contribution >= 4 is 18.0 Å². The van der Waals surface area contributed by atoms with Crippen LogP contribution in [0.25, 0.3) is 0 Å². The maximum atomic E-state index is 10.0. The molecule has 1 aliphatic rings. The number of carbonyl (C=O) groups is 1. The standard InChI is InChI=1S/C9H16OS/c10-7-4-8-11-9-5-2-1-3-6-9/h7,9H,1-6,8H2. The topological polar surface area (TPSA) is 17.1 Å². The van der Waals surface area contributed by atoms with E-state index in [4.69, 9.17) is 0 Å². The van der Waals surface area contributed by atoms with Crippen LogP contribution in [0.1, 0.15) is 38.5 Å². The molecule has 11 heavy (non-hydrogen) atoms. The van der Waals surface area contributed by atoms with E-state index >= 15 is 0 Å². The smallest absolute Gasteiger partial charge is 0.120 e. The lowest BCUT2D eigenvalue weighted by Gasteiger charge is -2.20. The SMILES string of the molecule is O=CCCSC1CCCCC1. The van der Waals surface area contributed by atoms with Gasteiger partial charge in [0, 0.05) is 17.4 Å². The molecule has 0 aromatic heterocycles. The fraction of sp³-hybridized carbons (Fsp3) is 0.889. The van der Waals surface area contributed by atoms with Gasteiger partial charge in [-0.15, -0.1) is 0 Å². The van der Waals surface area contributed by atoms with Crippen LogP contribution in [0.5, 0.6) is 0 Å². The van der Waals surface area contributed by atoms with Crippen LogP contribution in [0.4, 0.5) is 0 Å². The first-order valence-corrected chi connectivity index (χ1v) is 5.53. The minimum atomic E-state index is 0.737. The van der Waals surface area contributed by atoms with E-state index < -0.39 is 0 Å². The summed E-state index contributed by atoms with van der Waals surface area (Å²) in [7, 11) is 0. The molecule has 0 bridgehead atoms. The molecule has 1 aliphatic carbocycles. The second kappa shape index (κ2) is 5.64. The molecule has 0 spiro atoms. The van der Waals surface area contributed by atoms with E-state index in [2.05, 4.69) is 0 Å². The fourth-order valence-corrected chi connectivity index (χ4v) is 2.75. The highest BCUT2D eigenvalue weighted by atomic mass is 32.2. The molecule has 1 nitrogen and oxygen atoms in total. The maximum absolute atomic E-state index is 10.0. The summed E-state index contributed by atoms with van der Waals surface area (Å²) in [5.74, 6) is 1.04. The molecule has 1 saturated carbocycles. The molecule has 0 aliphatic heterocycles. The Hall–Kier alpha value is 0.0200. The van der Waals surface area contributed by atoms with E-state index in [1.54, 1.807) is 0 Å². The zero-order valence-electron chi connectivity index (χ0n) is 6.92. The highest BCUT2D eigenvalue weighted by Gasteiger charge is 2.12. The molecule has 0 saturated heterocycles. The predicted molar refractivity (Wildman–Crippen MR) is 50.0 cm³/mol. The molecule has 0 amide bonds. The number of rotatable bonds is 4. The van der Waals surface area contributed by atoms with Crippen LogP contribution in [-0.2, 0) is 4.79 Å². The number of carbonyl (C=O) groups excluding carboxylic acids is 1. The highest BCUT2D eigenvalue weighted by Crippen LogP contribution is 2.28. The van der Waals surface area contributed by atoms with Crippen molar-refractivity contribution in [3.63, 3.8) is 0 Å². The van der Waals surface area contributed by atoms with Crippen LogP contribution >= 0.6 is 11.8 Å². The van der Waals surface area contributed by atoms with E-state index in [1.165, 1.54) is 32.1 Å².